The first kappa shape index (κ1) is 43.5. The van der Waals surface area contributed by atoms with E-state index in [9.17, 15) is 9.59 Å². The first-order valence-corrected chi connectivity index (χ1v) is 21.0. The third-order valence-electron chi connectivity index (χ3n) is 9.74. The van der Waals surface area contributed by atoms with Gasteiger partial charge in [0.05, 0.1) is 13.2 Å². The number of nitrogens with one attached hydrogen (secondary N) is 1. The molecule has 1 aliphatic rings. The van der Waals surface area contributed by atoms with Gasteiger partial charge in [-0.1, -0.05) is 168 Å². The first-order valence-electron chi connectivity index (χ1n) is 21.0. The average Bonchev–Trinajstić information content (AvgIpc) is 3.83. The van der Waals surface area contributed by atoms with Crippen molar-refractivity contribution in [3.8, 4) is 0 Å². The molecule has 0 aromatic rings. The third kappa shape index (κ3) is 31.5. The average molecular weight is 662 g/mol. The Hall–Kier alpha value is -1.52. The van der Waals surface area contributed by atoms with E-state index in [1.54, 1.807) is 11.4 Å². The second kappa shape index (κ2) is 34.3. The van der Waals surface area contributed by atoms with Gasteiger partial charge in [0.1, 0.15) is 0 Å². The second-order valence-electron chi connectivity index (χ2n) is 14.4. The van der Waals surface area contributed by atoms with Crippen LogP contribution in [0.5, 0.6) is 0 Å². The number of hydrogen-bond acceptors (Lipinski definition) is 5. The minimum Gasteiger partial charge on any atom is -0.466 e. The zero-order valence-electron chi connectivity index (χ0n) is 31.6. The van der Waals surface area contributed by atoms with Crippen molar-refractivity contribution in [3.05, 3.63) is 11.4 Å². The molecule has 276 valence electrons. The van der Waals surface area contributed by atoms with Crippen molar-refractivity contribution >= 4 is 11.9 Å². The van der Waals surface area contributed by atoms with Gasteiger partial charge in [0.15, 0.2) is 0 Å². The Morgan fingerprint density at radius 3 is 1.00 bits per heavy atom. The van der Waals surface area contributed by atoms with Crippen molar-refractivity contribution in [2.45, 2.75) is 232 Å². The van der Waals surface area contributed by atoms with Gasteiger partial charge in [0.25, 0.3) is 0 Å². The summed E-state index contributed by atoms with van der Waals surface area (Å²) < 4.78 is 10.7. The summed E-state index contributed by atoms with van der Waals surface area (Å²) in [6.45, 7) is 5.70. The van der Waals surface area contributed by atoms with Gasteiger partial charge in [-0.05, 0) is 51.4 Å². The number of ether oxygens (including phenoxy) is 2. The van der Waals surface area contributed by atoms with Gasteiger partial charge in [0, 0.05) is 24.2 Å². The summed E-state index contributed by atoms with van der Waals surface area (Å²) >= 11 is 0. The molecule has 0 bridgehead atoms. The van der Waals surface area contributed by atoms with Crippen LogP contribution in [0, 0.1) is 0 Å². The summed E-state index contributed by atoms with van der Waals surface area (Å²) in [6.07, 6.45) is 41.4. The Balaban J connectivity index is 1.75. The monoisotopic (exact) mass is 662 g/mol. The molecule has 47 heavy (non-hydrogen) atoms. The largest absolute Gasteiger partial charge is 0.466 e. The SMILES string of the molecule is CCCCCCCCOC(=O)CCCCCCCCCCCC1=C(CCCCCCCCCCCC(=O)OCCCCCCCC)N1. The minimum absolute atomic E-state index is 0.00595. The fraction of sp³-hybridized carbons (Fsp3) is 0.905. The van der Waals surface area contributed by atoms with Gasteiger partial charge in [-0.3, -0.25) is 9.59 Å². The number of carbonyl (C=O) groups excluding carboxylic acids is 2. The molecule has 1 rings (SSSR count). The molecule has 1 heterocycles. The molecule has 0 aromatic heterocycles. The summed E-state index contributed by atoms with van der Waals surface area (Å²) in [4.78, 5) is 23.7. The van der Waals surface area contributed by atoms with Gasteiger partial charge in [-0.25, -0.2) is 0 Å². The predicted octanol–water partition coefficient (Wildman–Crippen LogP) is 13.2. The van der Waals surface area contributed by atoms with Crippen LogP contribution in [0.25, 0.3) is 0 Å². The van der Waals surface area contributed by atoms with Crippen molar-refractivity contribution in [3.63, 3.8) is 0 Å². The fourth-order valence-electron chi connectivity index (χ4n) is 6.48. The number of allylic oxidation sites excluding steroid dienone is 2. The van der Waals surface area contributed by atoms with Crippen LogP contribution >= 0.6 is 0 Å². The lowest BCUT2D eigenvalue weighted by molar-refractivity contribution is -0.144. The van der Waals surface area contributed by atoms with E-state index in [2.05, 4.69) is 19.2 Å². The quantitative estimate of drug-likeness (QED) is 0.0526. The molecule has 0 aliphatic carbocycles. The molecule has 1 aliphatic heterocycles. The lowest BCUT2D eigenvalue weighted by Gasteiger charge is -2.05. The molecule has 0 saturated heterocycles. The van der Waals surface area contributed by atoms with E-state index < -0.39 is 0 Å². The molecule has 1 N–H and O–H groups in total. The Bertz CT molecular complexity index is 689. The molecule has 5 heteroatoms. The molecule has 5 nitrogen and oxygen atoms in total. The van der Waals surface area contributed by atoms with E-state index in [0.717, 1.165) is 38.5 Å². The molecule has 0 aromatic carbocycles. The smallest absolute Gasteiger partial charge is 0.305 e. The number of hydrogen-bond donors (Lipinski definition) is 1. The highest BCUT2D eigenvalue weighted by atomic mass is 16.5. The Morgan fingerprint density at radius 1 is 0.383 bits per heavy atom. The predicted molar refractivity (Wildman–Crippen MR) is 200 cm³/mol. The maximum absolute atomic E-state index is 11.8. The van der Waals surface area contributed by atoms with E-state index in [1.807, 2.05) is 0 Å². The Morgan fingerprint density at radius 2 is 0.660 bits per heavy atom. The number of esters is 2. The van der Waals surface area contributed by atoms with Gasteiger partial charge < -0.3 is 14.8 Å². The van der Waals surface area contributed by atoms with E-state index in [4.69, 9.17) is 9.47 Å². The van der Waals surface area contributed by atoms with Crippen molar-refractivity contribution in [1.29, 1.82) is 0 Å². The molecule has 0 spiro atoms. The van der Waals surface area contributed by atoms with Crippen LogP contribution in [-0.2, 0) is 19.1 Å². The summed E-state index contributed by atoms with van der Waals surface area (Å²) in [5, 5.41) is 3.56. The van der Waals surface area contributed by atoms with Crippen LogP contribution in [-0.4, -0.2) is 25.2 Å². The van der Waals surface area contributed by atoms with Crippen LogP contribution in [0.15, 0.2) is 11.4 Å². The normalized spacial score (nSPS) is 12.4. The summed E-state index contributed by atoms with van der Waals surface area (Å²) in [6, 6.07) is 0. The van der Waals surface area contributed by atoms with Gasteiger partial charge >= 0.3 is 11.9 Å². The maximum atomic E-state index is 11.8. The first-order chi connectivity index (χ1) is 23.2. The van der Waals surface area contributed by atoms with E-state index >= 15 is 0 Å². The van der Waals surface area contributed by atoms with Gasteiger partial charge in [0.2, 0.25) is 0 Å². The highest BCUT2D eigenvalue weighted by Gasteiger charge is 2.18. The number of rotatable bonds is 38. The van der Waals surface area contributed by atoms with Crippen molar-refractivity contribution in [1.82, 2.24) is 5.32 Å². The second-order valence-corrected chi connectivity index (χ2v) is 14.4. The van der Waals surface area contributed by atoms with Crippen LogP contribution in [0.4, 0.5) is 0 Å². The molecule has 0 saturated carbocycles. The molecule has 0 unspecified atom stereocenters. The zero-order chi connectivity index (χ0) is 33.9. The highest BCUT2D eigenvalue weighted by molar-refractivity contribution is 5.69. The standard InChI is InChI=1S/C42H79NO4/c1-3-5-7-9-25-31-37-46-41(44)35-29-23-19-15-11-13-17-21-27-33-39-40(43-39)34-28-22-18-14-12-16-20-24-30-36-42(45)47-38-32-26-10-8-6-4-2/h43H,3-38H2,1-2H3. The molecule has 0 fully saturated rings. The molecular formula is C42H79NO4. The zero-order valence-corrected chi connectivity index (χ0v) is 31.6. The van der Waals surface area contributed by atoms with Crippen molar-refractivity contribution in [2.75, 3.05) is 13.2 Å². The van der Waals surface area contributed by atoms with Gasteiger partial charge in [-0.15, -0.1) is 0 Å². The molecule has 0 atom stereocenters. The summed E-state index contributed by atoms with van der Waals surface area (Å²) in [5.74, 6) is 0.0119. The Kier molecular flexibility index (Phi) is 31.8. The third-order valence-corrected chi connectivity index (χ3v) is 9.74. The lowest BCUT2D eigenvalue weighted by Crippen LogP contribution is -2.05. The highest BCUT2D eigenvalue weighted by Crippen LogP contribution is 2.27. The Labute approximate surface area is 292 Å². The minimum atomic E-state index is 0.00595. The molecule has 0 amide bonds. The van der Waals surface area contributed by atoms with E-state index in [-0.39, 0.29) is 11.9 Å². The maximum Gasteiger partial charge on any atom is 0.305 e. The lowest BCUT2D eigenvalue weighted by atomic mass is 10.0. The van der Waals surface area contributed by atoms with Crippen LogP contribution < -0.4 is 5.32 Å². The molecular weight excluding hydrogens is 582 g/mol. The summed E-state index contributed by atoms with van der Waals surface area (Å²) in [5.41, 5.74) is 3.09. The van der Waals surface area contributed by atoms with Crippen LogP contribution in [0.2, 0.25) is 0 Å². The van der Waals surface area contributed by atoms with Crippen LogP contribution in [0.1, 0.15) is 232 Å². The topological polar surface area (TPSA) is 74.5 Å². The summed E-state index contributed by atoms with van der Waals surface area (Å²) in [7, 11) is 0. The number of carbonyl (C=O) groups is 2. The van der Waals surface area contributed by atoms with Crippen LogP contribution in [0.3, 0.4) is 0 Å². The van der Waals surface area contributed by atoms with Crippen molar-refractivity contribution < 1.29 is 19.1 Å². The fourth-order valence-corrected chi connectivity index (χ4v) is 6.48. The number of unbranched alkanes of at least 4 members (excludes halogenated alkanes) is 26. The van der Waals surface area contributed by atoms with Gasteiger partial charge in [-0.2, -0.15) is 0 Å². The van der Waals surface area contributed by atoms with Crippen molar-refractivity contribution in [2.24, 2.45) is 0 Å². The van der Waals surface area contributed by atoms with E-state index in [0.29, 0.717) is 26.1 Å². The van der Waals surface area contributed by atoms with E-state index in [1.165, 1.54) is 167 Å². The molecule has 0 radical (unpaired) electrons.